The number of ether oxygens (including phenoxy) is 1. The topological polar surface area (TPSA) is 58.6 Å². The van der Waals surface area contributed by atoms with E-state index in [4.69, 9.17) is 4.74 Å². The summed E-state index contributed by atoms with van der Waals surface area (Å²) in [6.45, 7) is 8.32. The van der Waals surface area contributed by atoms with Gasteiger partial charge in [0.25, 0.3) is 0 Å². The minimum atomic E-state index is -0.525. The first-order chi connectivity index (χ1) is 14.4. The molecule has 30 heavy (non-hydrogen) atoms. The van der Waals surface area contributed by atoms with Crippen molar-refractivity contribution in [3.63, 3.8) is 0 Å². The molecule has 0 fully saturated rings. The van der Waals surface area contributed by atoms with Crippen LogP contribution in [0.3, 0.4) is 0 Å². The average molecular weight is 411 g/mol. The predicted molar refractivity (Wildman–Crippen MR) is 120 cm³/mol. The van der Waals surface area contributed by atoms with E-state index in [2.05, 4.69) is 5.32 Å². The second-order valence-electron chi connectivity index (χ2n) is 7.78. The van der Waals surface area contributed by atoms with Crippen LogP contribution in [-0.4, -0.2) is 35.9 Å². The van der Waals surface area contributed by atoms with Gasteiger partial charge in [-0.1, -0.05) is 55.8 Å². The Labute approximate surface area is 180 Å². The van der Waals surface area contributed by atoms with E-state index in [9.17, 15) is 9.59 Å². The van der Waals surface area contributed by atoms with Gasteiger partial charge in [-0.3, -0.25) is 9.59 Å². The zero-order valence-corrected chi connectivity index (χ0v) is 18.8. The van der Waals surface area contributed by atoms with Crippen LogP contribution in [0.15, 0.2) is 48.5 Å². The standard InChI is InChI=1S/C25H34N2O3/c1-6-19(4)26-25(29)23(7-2)27(17-21-12-9-13-22(15-21)30-5)24(28)16-20-11-8-10-18(3)14-20/h8-15,19,23H,6-7,16-17H2,1-5H3,(H,26,29)/t19-,23-/m1/s1. The molecule has 0 aromatic heterocycles. The van der Waals surface area contributed by atoms with Crippen LogP contribution in [0.4, 0.5) is 0 Å². The highest BCUT2D eigenvalue weighted by Gasteiger charge is 2.29. The molecule has 0 bridgehead atoms. The molecule has 2 aromatic carbocycles. The molecular formula is C25H34N2O3. The van der Waals surface area contributed by atoms with Crippen molar-refractivity contribution in [1.82, 2.24) is 10.2 Å². The van der Waals surface area contributed by atoms with Crippen LogP contribution in [0.2, 0.25) is 0 Å². The fraction of sp³-hybridized carbons (Fsp3) is 0.440. The van der Waals surface area contributed by atoms with Crippen molar-refractivity contribution in [2.24, 2.45) is 0 Å². The molecule has 2 aromatic rings. The van der Waals surface area contributed by atoms with Crippen LogP contribution in [0.25, 0.3) is 0 Å². The van der Waals surface area contributed by atoms with E-state index < -0.39 is 6.04 Å². The lowest BCUT2D eigenvalue weighted by molar-refractivity contribution is -0.141. The molecule has 0 aliphatic rings. The number of benzene rings is 2. The number of methoxy groups -OCH3 is 1. The van der Waals surface area contributed by atoms with Gasteiger partial charge in [-0.15, -0.1) is 0 Å². The van der Waals surface area contributed by atoms with Crippen LogP contribution < -0.4 is 10.1 Å². The SMILES string of the molecule is CC[C@@H](C)NC(=O)[C@@H](CC)N(Cc1cccc(OC)c1)C(=O)Cc1cccc(C)c1. The van der Waals surface area contributed by atoms with Crippen molar-refractivity contribution in [2.45, 2.75) is 65.6 Å². The lowest BCUT2D eigenvalue weighted by Crippen LogP contribution is -2.51. The summed E-state index contributed by atoms with van der Waals surface area (Å²) in [6.07, 6.45) is 1.65. The molecule has 1 N–H and O–H groups in total. The van der Waals surface area contributed by atoms with E-state index >= 15 is 0 Å². The van der Waals surface area contributed by atoms with E-state index in [1.807, 2.05) is 76.2 Å². The van der Waals surface area contributed by atoms with Crippen LogP contribution in [0, 0.1) is 6.92 Å². The molecule has 0 saturated carbocycles. The van der Waals surface area contributed by atoms with Crippen LogP contribution in [0.1, 0.15) is 50.3 Å². The minimum absolute atomic E-state index is 0.0606. The fourth-order valence-corrected chi connectivity index (χ4v) is 3.43. The van der Waals surface area contributed by atoms with Crippen molar-refractivity contribution in [3.05, 3.63) is 65.2 Å². The molecule has 2 amide bonds. The molecule has 2 atom stereocenters. The van der Waals surface area contributed by atoms with Crippen molar-refractivity contribution >= 4 is 11.8 Å². The van der Waals surface area contributed by atoms with Crippen LogP contribution >= 0.6 is 0 Å². The third-order valence-corrected chi connectivity index (χ3v) is 5.31. The Bertz CT molecular complexity index is 850. The van der Waals surface area contributed by atoms with Crippen molar-refractivity contribution < 1.29 is 14.3 Å². The number of aryl methyl sites for hydroxylation is 1. The molecule has 0 heterocycles. The summed E-state index contributed by atoms with van der Waals surface area (Å²) in [5.41, 5.74) is 3.00. The number of amides is 2. The van der Waals surface area contributed by atoms with Gasteiger partial charge in [0, 0.05) is 12.6 Å². The maximum absolute atomic E-state index is 13.4. The molecule has 5 heteroatoms. The number of rotatable bonds is 10. The Balaban J connectivity index is 2.31. The predicted octanol–water partition coefficient (Wildman–Crippen LogP) is 4.27. The van der Waals surface area contributed by atoms with Crippen molar-refractivity contribution in [3.8, 4) is 5.75 Å². The molecular weight excluding hydrogens is 376 g/mol. The number of nitrogens with one attached hydrogen (secondary N) is 1. The van der Waals surface area contributed by atoms with Gasteiger partial charge in [0.15, 0.2) is 0 Å². The Morgan fingerprint density at radius 2 is 1.73 bits per heavy atom. The summed E-state index contributed by atoms with van der Waals surface area (Å²) in [6, 6.07) is 15.1. The quantitative estimate of drug-likeness (QED) is 0.636. The number of hydrogen-bond acceptors (Lipinski definition) is 3. The zero-order valence-electron chi connectivity index (χ0n) is 18.8. The van der Waals surface area contributed by atoms with Crippen LogP contribution in [0.5, 0.6) is 5.75 Å². The molecule has 0 saturated heterocycles. The van der Waals surface area contributed by atoms with Gasteiger partial charge < -0.3 is 15.0 Å². The van der Waals surface area contributed by atoms with Gasteiger partial charge in [-0.25, -0.2) is 0 Å². The Kier molecular flexibility index (Phi) is 8.90. The smallest absolute Gasteiger partial charge is 0.243 e. The molecule has 0 spiro atoms. The first-order valence-corrected chi connectivity index (χ1v) is 10.7. The highest BCUT2D eigenvalue weighted by atomic mass is 16.5. The second kappa shape index (κ2) is 11.4. The van der Waals surface area contributed by atoms with Gasteiger partial charge in [-0.2, -0.15) is 0 Å². The third kappa shape index (κ3) is 6.61. The molecule has 5 nitrogen and oxygen atoms in total. The largest absolute Gasteiger partial charge is 0.497 e. The highest BCUT2D eigenvalue weighted by molar-refractivity contribution is 5.88. The van der Waals surface area contributed by atoms with Crippen molar-refractivity contribution in [1.29, 1.82) is 0 Å². The fourth-order valence-electron chi connectivity index (χ4n) is 3.43. The monoisotopic (exact) mass is 410 g/mol. The zero-order chi connectivity index (χ0) is 22.1. The van der Waals surface area contributed by atoms with Gasteiger partial charge in [0.2, 0.25) is 11.8 Å². The van der Waals surface area contributed by atoms with Gasteiger partial charge >= 0.3 is 0 Å². The lowest BCUT2D eigenvalue weighted by Gasteiger charge is -2.31. The summed E-state index contributed by atoms with van der Waals surface area (Å²) < 4.78 is 5.32. The van der Waals surface area contributed by atoms with Gasteiger partial charge in [0.05, 0.1) is 13.5 Å². The van der Waals surface area contributed by atoms with E-state index in [-0.39, 0.29) is 24.3 Å². The first-order valence-electron chi connectivity index (χ1n) is 10.7. The van der Waals surface area contributed by atoms with E-state index in [1.54, 1.807) is 12.0 Å². The van der Waals surface area contributed by atoms with Crippen molar-refractivity contribution in [2.75, 3.05) is 7.11 Å². The summed E-state index contributed by atoms with van der Waals surface area (Å²) in [5, 5.41) is 3.04. The number of carbonyl (C=O) groups excluding carboxylic acids is 2. The Morgan fingerprint density at radius 3 is 2.37 bits per heavy atom. The molecule has 2 rings (SSSR count). The first kappa shape index (κ1) is 23.5. The Hall–Kier alpha value is -2.82. The van der Waals surface area contributed by atoms with Gasteiger partial charge in [0.1, 0.15) is 11.8 Å². The van der Waals surface area contributed by atoms with Gasteiger partial charge in [-0.05, 0) is 49.9 Å². The maximum Gasteiger partial charge on any atom is 0.243 e. The lowest BCUT2D eigenvalue weighted by atomic mass is 10.0. The van der Waals surface area contributed by atoms with E-state index in [0.29, 0.717) is 13.0 Å². The minimum Gasteiger partial charge on any atom is -0.497 e. The summed E-state index contributed by atoms with van der Waals surface area (Å²) in [5.74, 6) is 0.567. The molecule has 0 aliphatic heterocycles. The van der Waals surface area contributed by atoms with E-state index in [0.717, 1.165) is 28.9 Å². The van der Waals surface area contributed by atoms with E-state index in [1.165, 1.54) is 0 Å². The molecule has 162 valence electrons. The number of nitrogens with zero attached hydrogens (tertiary/aromatic N) is 1. The van der Waals surface area contributed by atoms with Crippen LogP contribution in [-0.2, 0) is 22.6 Å². The summed E-state index contributed by atoms with van der Waals surface area (Å²) in [7, 11) is 1.62. The highest BCUT2D eigenvalue weighted by Crippen LogP contribution is 2.19. The summed E-state index contributed by atoms with van der Waals surface area (Å²) >= 11 is 0. The Morgan fingerprint density at radius 1 is 1.03 bits per heavy atom. The molecule has 0 unspecified atom stereocenters. The summed E-state index contributed by atoms with van der Waals surface area (Å²) in [4.78, 5) is 28.0. The average Bonchev–Trinajstić information content (AvgIpc) is 2.73. The second-order valence-corrected chi connectivity index (χ2v) is 7.78. The molecule has 0 radical (unpaired) electrons. The normalized spacial score (nSPS) is 12.7. The number of carbonyl (C=O) groups is 2. The number of hydrogen-bond donors (Lipinski definition) is 1. The molecule has 0 aliphatic carbocycles. The maximum atomic E-state index is 13.4. The third-order valence-electron chi connectivity index (χ3n) is 5.31.